The van der Waals surface area contributed by atoms with Gasteiger partial charge in [-0.2, -0.15) is 0 Å². The Hall–Kier alpha value is -0.810. The summed E-state index contributed by atoms with van der Waals surface area (Å²) in [6.07, 6.45) is 5.05. The standard InChI is InChI=1S/C12H25N3O2/c1-10(2)15(9-12(13)14-16)7-3-5-11-6-4-8-17-11/h10-11,16H,3-9H2,1-2H3,(H2,13,14). The summed E-state index contributed by atoms with van der Waals surface area (Å²) in [4.78, 5) is 2.21. The molecule has 0 aliphatic carbocycles. The van der Waals surface area contributed by atoms with E-state index in [1.54, 1.807) is 0 Å². The molecule has 0 aromatic rings. The number of hydrogen-bond donors (Lipinski definition) is 2. The highest BCUT2D eigenvalue weighted by Gasteiger charge is 2.16. The number of amidine groups is 1. The van der Waals surface area contributed by atoms with Crippen LogP contribution in [0, 0.1) is 0 Å². The highest BCUT2D eigenvalue weighted by molar-refractivity contribution is 5.81. The molecule has 0 aromatic carbocycles. The number of nitrogens with two attached hydrogens (primary N) is 1. The highest BCUT2D eigenvalue weighted by atomic mass is 16.5. The predicted molar refractivity (Wildman–Crippen MR) is 68.3 cm³/mol. The van der Waals surface area contributed by atoms with Crippen LogP contribution in [0.25, 0.3) is 0 Å². The number of hydrogen-bond acceptors (Lipinski definition) is 4. The molecule has 1 fully saturated rings. The number of nitrogens with zero attached hydrogens (tertiary/aromatic N) is 2. The Morgan fingerprint density at radius 2 is 2.35 bits per heavy atom. The first-order valence-electron chi connectivity index (χ1n) is 6.45. The molecule has 100 valence electrons. The van der Waals surface area contributed by atoms with Crippen molar-refractivity contribution in [1.29, 1.82) is 0 Å². The monoisotopic (exact) mass is 243 g/mol. The van der Waals surface area contributed by atoms with Gasteiger partial charge >= 0.3 is 0 Å². The third-order valence-electron chi connectivity index (χ3n) is 3.22. The number of rotatable bonds is 7. The molecule has 1 rings (SSSR count). The lowest BCUT2D eigenvalue weighted by molar-refractivity contribution is 0.0979. The third-order valence-corrected chi connectivity index (χ3v) is 3.22. The van der Waals surface area contributed by atoms with Gasteiger partial charge in [0.05, 0.1) is 12.6 Å². The SMILES string of the molecule is CC(C)N(CCCC1CCCO1)C/C(N)=N/O. The summed E-state index contributed by atoms with van der Waals surface area (Å²) in [7, 11) is 0. The lowest BCUT2D eigenvalue weighted by atomic mass is 10.1. The molecular formula is C12H25N3O2. The zero-order valence-electron chi connectivity index (χ0n) is 10.9. The van der Waals surface area contributed by atoms with Gasteiger partial charge in [0.1, 0.15) is 0 Å². The average molecular weight is 243 g/mol. The molecule has 0 saturated carbocycles. The maximum atomic E-state index is 8.58. The first-order chi connectivity index (χ1) is 8.13. The van der Waals surface area contributed by atoms with Gasteiger partial charge in [-0.15, -0.1) is 0 Å². The molecule has 0 bridgehead atoms. The zero-order valence-corrected chi connectivity index (χ0v) is 10.9. The lowest BCUT2D eigenvalue weighted by Crippen LogP contribution is -2.39. The van der Waals surface area contributed by atoms with Crippen molar-refractivity contribution in [1.82, 2.24) is 4.90 Å². The van der Waals surface area contributed by atoms with Crippen LogP contribution in [0.1, 0.15) is 39.5 Å². The Morgan fingerprint density at radius 1 is 1.59 bits per heavy atom. The largest absolute Gasteiger partial charge is 0.409 e. The Bertz CT molecular complexity index is 238. The number of oxime groups is 1. The summed E-state index contributed by atoms with van der Waals surface area (Å²) in [5.74, 6) is 0.274. The molecule has 5 nitrogen and oxygen atoms in total. The Kier molecular flexibility index (Phi) is 6.29. The van der Waals surface area contributed by atoms with Gasteiger partial charge in [0.2, 0.25) is 0 Å². The minimum atomic E-state index is 0.274. The predicted octanol–water partition coefficient (Wildman–Crippen LogP) is 1.40. The van der Waals surface area contributed by atoms with E-state index in [4.69, 9.17) is 15.7 Å². The maximum Gasteiger partial charge on any atom is 0.153 e. The van der Waals surface area contributed by atoms with Crippen molar-refractivity contribution in [3.05, 3.63) is 0 Å². The summed E-state index contributed by atoms with van der Waals surface area (Å²) in [6, 6.07) is 0.403. The van der Waals surface area contributed by atoms with E-state index in [-0.39, 0.29) is 5.84 Å². The number of ether oxygens (including phenoxy) is 1. The molecule has 0 spiro atoms. The van der Waals surface area contributed by atoms with E-state index in [9.17, 15) is 0 Å². The normalized spacial score (nSPS) is 21.6. The molecule has 1 unspecified atom stereocenters. The van der Waals surface area contributed by atoms with Gasteiger partial charge in [-0.05, 0) is 46.1 Å². The van der Waals surface area contributed by atoms with Crippen LogP contribution in [-0.4, -0.2) is 47.8 Å². The van der Waals surface area contributed by atoms with Gasteiger partial charge in [-0.25, -0.2) is 0 Å². The molecule has 17 heavy (non-hydrogen) atoms. The van der Waals surface area contributed by atoms with Crippen LogP contribution in [0.3, 0.4) is 0 Å². The summed E-state index contributed by atoms with van der Waals surface area (Å²) in [5, 5.41) is 11.6. The Labute approximate surface area is 104 Å². The van der Waals surface area contributed by atoms with E-state index in [2.05, 4.69) is 23.9 Å². The van der Waals surface area contributed by atoms with E-state index in [1.165, 1.54) is 12.8 Å². The second kappa shape index (κ2) is 7.50. The summed E-state index contributed by atoms with van der Waals surface area (Å²) >= 11 is 0. The second-order valence-electron chi connectivity index (χ2n) is 4.93. The molecule has 1 saturated heterocycles. The van der Waals surface area contributed by atoms with Gasteiger partial charge in [0, 0.05) is 12.6 Å². The van der Waals surface area contributed by atoms with Gasteiger partial charge in [-0.1, -0.05) is 5.16 Å². The molecule has 3 N–H and O–H groups in total. The first kappa shape index (κ1) is 14.3. The van der Waals surface area contributed by atoms with Crippen LogP contribution < -0.4 is 5.73 Å². The second-order valence-corrected chi connectivity index (χ2v) is 4.93. The van der Waals surface area contributed by atoms with Crippen molar-refractivity contribution >= 4 is 5.84 Å². The Morgan fingerprint density at radius 3 is 2.88 bits per heavy atom. The van der Waals surface area contributed by atoms with Crippen LogP contribution in [0.2, 0.25) is 0 Å². The van der Waals surface area contributed by atoms with Crippen molar-refractivity contribution < 1.29 is 9.94 Å². The van der Waals surface area contributed by atoms with Crippen LogP contribution in [0.15, 0.2) is 5.16 Å². The third kappa shape index (κ3) is 5.37. The quantitative estimate of drug-likeness (QED) is 0.307. The molecule has 1 aliphatic heterocycles. The molecule has 1 atom stereocenters. The Balaban J connectivity index is 2.23. The van der Waals surface area contributed by atoms with Gasteiger partial charge in [0.15, 0.2) is 5.84 Å². The van der Waals surface area contributed by atoms with Crippen molar-refractivity contribution in [3.63, 3.8) is 0 Å². The minimum Gasteiger partial charge on any atom is -0.409 e. The van der Waals surface area contributed by atoms with Gasteiger partial charge < -0.3 is 15.7 Å². The lowest BCUT2D eigenvalue weighted by Gasteiger charge is -2.26. The van der Waals surface area contributed by atoms with E-state index >= 15 is 0 Å². The van der Waals surface area contributed by atoms with Crippen LogP contribution in [0.4, 0.5) is 0 Å². The van der Waals surface area contributed by atoms with Crippen molar-refractivity contribution in [2.45, 2.75) is 51.7 Å². The van der Waals surface area contributed by atoms with E-state index in [0.717, 1.165) is 26.0 Å². The van der Waals surface area contributed by atoms with Crippen molar-refractivity contribution in [2.75, 3.05) is 19.7 Å². The van der Waals surface area contributed by atoms with E-state index in [1.807, 2.05) is 0 Å². The van der Waals surface area contributed by atoms with Crippen molar-refractivity contribution in [2.24, 2.45) is 10.9 Å². The summed E-state index contributed by atoms with van der Waals surface area (Å²) in [5.41, 5.74) is 5.54. The first-order valence-corrected chi connectivity index (χ1v) is 6.45. The molecule has 0 radical (unpaired) electrons. The molecule has 0 aromatic heterocycles. The molecule has 1 heterocycles. The fourth-order valence-electron chi connectivity index (χ4n) is 2.15. The van der Waals surface area contributed by atoms with Crippen LogP contribution >= 0.6 is 0 Å². The van der Waals surface area contributed by atoms with Crippen LogP contribution in [0.5, 0.6) is 0 Å². The zero-order chi connectivity index (χ0) is 12.7. The van der Waals surface area contributed by atoms with E-state index in [0.29, 0.717) is 18.7 Å². The molecule has 5 heteroatoms. The molecular weight excluding hydrogens is 218 g/mol. The van der Waals surface area contributed by atoms with Gasteiger partial charge in [0.25, 0.3) is 0 Å². The highest BCUT2D eigenvalue weighted by Crippen LogP contribution is 2.17. The maximum absolute atomic E-state index is 8.58. The fraction of sp³-hybridized carbons (Fsp3) is 0.917. The smallest absolute Gasteiger partial charge is 0.153 e. The molecule has 1 aliphatic rings. The van der Waals surface area contributed by atoms with Crippen molar-refractivity contribution in [3.8, 4) is 0 Å². The van der Waals surface area contributed by atoms with E-state index < -0.39 is 0 Å². The average Bonchev–Trinajstić information content (AvgIpc) is 2.80. The summed E-state index contributed by atoms with van der Waals surface area (Å²) in [6.45, 7) is 6.66. The minimum absolute atomic E-state index is 0.274. The van der Waals surface area contributed by atoms with Crippen LogP contribution in [-0.2, 0) is 4.74 Å². The summed E-state index contributed by atoms with van der Waals surface area (Å²) < 4.78 is 5.59. The van der Waals surface area contributed by atoms with Gasteiger partial charge in [-0.3, -0.25) is 4.90 Å². The fourth-order valence-corrected chi connectivity index (χ4v) is 2.15. The topological polar surface area (TPSA) is 71.1 Å². The molecule has 0 amide bonds.